The molecular formula is C14H15I3NNaO3. The third-order valence-corrected chi connectivity index (χ3v) is 6.13. The smallest absolute Gasteiger partial charge is 0.550 e. The van der Waals surface area contributed by atoms with Gasteiger partial charge in [0.2, 0.25) is 5.91 Å². The Morgan fingerprint density at radius 3 is 2.27 bits per heavy atom. The summed E-state index contributed by atoms with van der Waals surface area (Å²) in [5.41, 5.74) is 1.73. The molecule has 1 atom stereocenters. The molecule has 0 aliphatic rings. The molecule has 22 heavy (non-hydrogen) atoms. The molecule has 0 radical (unpaired) electrons. The topological polar surface area (TPSA) is 69.2 Å². The van der Waals surface area contributed by atoms with Crippen molar-refractivity contribution in [1.82, 2.24) is 0 Å². The molecule has 0 heterocycles. The zero-order valence-electron chi connectivity index (χ0n) is 12.6. The van der Waals surface area contributed by atoms with Gasteiger partial charge in [0.1, 0.15) is 0 Å². The summed E-state index contributed by atoms with van der Waals surface area (Å²) in [5, 5.41) is 14.0. The molecular weight excluding hydrogens is 634 g/mol. The first-order chi connectivity index (χ1) is 9.81. The van der Waals surface area contributed by atoms with Gasteiger partial charge >= 0.3 is 29.6 Å². The molecule has 8 heteroatoms. The van der Waals surface area contributed by atoms with E-state index < -0.39 is 11.9 Å². The molecule has 4 nitrogen and oxygen atoms in total. The van der Waals surface area contributed by atoms with Crippen LogP contribution in [0.1, 0.15) is 32.3 Å². The van der Waals surface area contributed by atoms with Gasteiger partial charge in [-0.1, -0.05) is 13.8 Å². The van der Waals surface area contributed by atoms with Crippen LogP contribution in [0, 0.1) is 16.6 Å². The summed E-state index contributed by atoms with van der Waals surface area (Å²) in [5.74, 6) is -1.59. The zero-order chi connectivity index (χ0) is 16.2. The number of halogens is 3. The summed E-state index contributed by atoms with van der Waals surface area (Å²) >= 11 is 6.57. The van der Waals surface area contributed by atoms with E-state index in [1.807, 2.05) is 13.0 Å². The summed E-state index contributed by atoms with van der Waals surface area (Å²) in [7, 11) is 0. The van der Waals surface area contributed by atoms with Crippen molar-refractivity contribution < 1.29 is 44.3 Å². The number of carbonyl (C=O) groups excluding carboxylic acids is 2. The third kappa shape index (κ3) is 6.34. The van der Waals surface area contributed by atoms with Crippen LogP contribution in [-0.4, -0.2) is 11.9 Å². The van der Waals surface area contributed by atoms with Crippen molar-refractivity contribution in [3.63, 3.8) is 0 Å². The summed E-state index contributed by atoms with van der Waals surface area (Å²) in [6.45, 7) is 3.64. The molecule has 1 rings (SSSR count). The number of hydrogen-bond donors (Lipinski definition) is 1. The standard InChI is InChI=1S/C14H16I3NO3.Na/c1-3-7(14(20)21)5-8-9(15)6-10(16)13(12(8)17)18-11(19)4-2;/h6-7H,3-5H2,1-2H3,(H,18,19)(H,20,21);/q;+1/p-1. The van der Waals surface area contributed by atoms with E-state index >= 15 is 0 Å². The van der Waals surface area contributed by atoms with Crippen molar-refractivity contribution in [1.29, 1.82) is 0 Å². The Labute approximate surface area is 193 Å². The van der Waals surface area contributed by atoms with Gasteiger partial charge in [-0.2, -0.15) is 0 Å². The van der Waals surface area contributed by atoms with Crippen molar-refractivity contribution in [2.45, 2.75) is 33.1 Å². The van der Waals surface area contributed by atoms with Gasteiger partial charge in [-0.3, -0.25) is 4.79 Å². The van der Waals surface area contributed by atoms with Crippen molar-refractivity contribution in [3.05, 3.63) is 22.3 Å². The van der Waals surface area contributed by atoms with Gasteiger partial charge in [-0.25, -0.2) is 0 Å². The average molecular weight is 649 g/mol. The van der Waals surface area contributed by atoms with Gasteiger partial charge in [0.15, 0.2) is 0 Å². The predicted octanol–water partition coefficient (Wildman–Crippen LogP) is 0.171. The van der Waals surface area contributed by atoms with Crippen LogP contribution in [0.4, 0.5) is 5.69 Å². The fraction of sp³-hybridized carbons (Fsp3) is 0.429. The van der Waals surface area contributed by atoms with E-state index in [2.05, 4.69) is 73.1 Å². The average Bonchev–Trinajstić information content (AvgIpc) is 2.42. The minimum atomic E-state index is -1.03. The normalized spacial score (nSPS) is 11.5. The number of nitrogens with one attached hydrogen (secondary N) is 1. The molecule has 0 aromatic heterocycles. The van der Waals surface area contributed by atoms with Gasteiger partial charge < -0.3 is 15.2 Å². The van der Waals surface area contributed by atoms with Gasteiger partial charge in [-0.05, 0) is 92.2 Å². The Bertz CT molecular complexity index is 567. The monoisotopic (exact) mass is 649 g/mol. The molecule has 1 N–H and O–H groups in total. The van der Waals surface area contributed by atoms with Crippen LogP contribution in [0.5, 0.6) is 0 Å². The van der Waals surface area contributed by atoms with Gasteiger partial charge in [0.05, 0.1) is 5.69 Å². The second-order valence-electron chi connectivity index (χ2n) is 4.54. The number of rotatable bonds is 6. The summed E-state index contributed by atoms with van der Waals surface area (Å²) in [6.07, 6.45) is 1.35. The van der Waals surface area contributed by atoms with E-state index in [1.54, 1.807) is 6.92 Å². The molecule has 1 amide bonds. The first-order valence-corrected chi connectivity index (χ1v) is 9.72. The van der Waals surface area contributed by atoms with Crippen molar-refractivity contribution >= 4 is 85.3 Å². The molecule has 1 aromatic rings. The van der Waals surface area contributed by atoms with Gasteiger partial charge in [-0.15, -0.1) is 0 Å². The van der Waals surface area contributed by atoms with E-state index in [0.717, 1.165) is 22.0 Å². The largest absolute Gasteiger partial charge is 1.00 e. The van der Waals surface area contributed by atoms with Gasteiger partial charge in [0, 0.05) is 29.0 Å². The number of carboxylic acid groups (broad SMARTS) is 1. The number of anilines is 1. The zero-order valence-corrected chi connectivity index (χ0v) is 21.1. The van der Waals surface area contributed by atoms with Crippen LogP contribution >= 0.6 is 67.8 Å². The number of hydrogen-bond acceptors (Lipinski definition) is 3. The number of aliphatic carboxylic acids is 1. The maximum Gasteiger partial charge on any atom is 1.00 e. The minimum Gasteiger partial charge on any atom is -0.550 e. The number of benzene rings is 1. The first kappa shape index (κ1) is 23.4. The molecule has 0 saturated carbocycles. The molecule has 0 spiro atoms. The molecule has 0 fully saturated rings. The fourth-order valence-electron chi connectivity index (χ4n) is 1.80. The molecule has 0 saturated heterocycles. The molecule has 0 aliphatic carbocycles. The van der Waals surface area contributed by atoms with E-state index in [9.17, 15) is 14.7 Å². The van der Waals surface area contributed by atoms with Crippen LogP contribution < -0.4 is 40.0 Å². The van der Waals surface area contributed by atoms with Crippen molar-refractivity contribution in [3.8, 4) is 0 Å². The number of carboxylic acids is 1. The van der Waals surface area contributed by atoms with Crippen LogP contribution in [0.2, 0.25) is 0 Å². The summed E-state index contributed by atoms with van der Waals surface area (Å²) in [4.78, 5) is 22.8. The summed E-state index contributed by atoms with van der Waals surface area (Å²) < 4.78 is 2.87. The Balaban J connectivity index is 0.00000441. The Hall–Kier alpha value is 1.35. The van der Waals surface area contributed by atoms with Crippen molar-refractivity contribution in [2.24, 2.45) is 5.92 Å². The first-order valence-electron chi connectivity index (χ1n) is 6.48. The number of amides is 1. The molecule has 116 valence electrons. The van der Waals surface area contributed by atoms with E-state index in [-0.39, 0.29) is 35.5 Å². The minimum absolute atomic E-state index is 0. The maximum atomic E-state index is 11.6. The van der Waals surface area contributed by atoms with Gasteiger partial charge in [0.25, 0.3) is 0 Å². The molecule has 0 aliphatic heterocycles. The second kappa shape index (κ2) is 11.1. The van der Waals surface area contributed by atoms with Crippen LogP contribution in [0.15, 0.2) is 6.07 Å². The molecule has 0 bridgehead atoms. The fourth-order valence-corrected chi connectivity index (χ4v) is 5.88. The van der Waals surface area contributed by atoms with E-state index in [4.69, 9.17) is 0 Å². The predicted molar refractivity (Wildman–Crippen MR) is 106 cm³/mol. The third-order valence-electron chi connectivity index (χ3n) is 3.13. The van der Waals surface area contributed by atoms with Crippen molar-refractivity contribution in [2.75, 3.05) is 5.32 Å². The quantitative estimate of drug-likeness (QED) is 0.354. The van der Waals surface area contributed by atoms with Crippen LogP contribution in [0.25, 0.3) is 0 Å². The maximum absolute atomic E-state index is 11.6. The van der Waals surface area contributed by atoms with Crippen LogP contribution in [-0.2, 0) is 16.0 Å². The SMILES string of the molecule is CCC(=O)Nc1c(I)cc(I)c(CC(CC)C(=O)[O-])c1I.[Na+]. The number of carbonyl (C=O) groups is 2. The Kier molecular flexibility index (Phi) is 11.7. The van der Waals surface area contributed by atoms with Crippen LogP contribution in [0.3, 0.4) is 0 Å². The molecule has 1 unspecified atom stereocenters. The Morgan fingerprint density at radius 2 is 1.82 bits per heavy atom. The molecule has 1 aromatic carbocycles. The second-order valence-corrected chi connectivity index (χ2v) is 7.94. The van der Waals surface area contributed by atoms with E-state index in [1.165, 1.54) is 0 Å². The summed E-state index contributed by atoms with van der Waals surface area (Å²) in [6, 6.07) is 1.96. The Morgan fingerprint density at radius 1 is 1.23 bits per heavy atom. The van der Waals surface area contributed by atoms with E-state index in [0.29, 0.717) is 19.3 Å².